The van der Waals surface area contributed by atoms with E-state index in [2.05, 4.69) is 23.0 Å². The molecule has 1 aromatic carbocycles. The zero-order valence-corrected chi connectivity index (χ0v) is 15.3. The monoisotopic (exact) mass is 457 g/mol. The summed E-state index contributed by atoms with van der Waals surface area (Å²) < 4.78 is 12.8. The van der Waals surface area contributed by atoms with Gasteiger partial charge < -0.3 is 43.0 Å². The van der Waals surface area contributed by atoms with Gasteiger partial charge in [-0.15, -0.1) is 0 Å². The fraction of sp³-hybridized carbons (Fsp3) is 0.571. The smallest absolute Gasteiger partial charge is 0.137 e. The largest absolute Gasteiger partial charge is 1.00 e. The van der Waals surface area contributed by atoms with Gasteiger partial charge in [0, 0.05) is 4.47 Å². The lowest BCUT2D eigenvalue weighted by Crippen LogP contribution is -3.00. The molecule has 0 saturated carbocycles. The van der Waals surface area contributed by atoms with Gasteiger partial charge in [0.1, 0.15) is 38.1 Å². The Kier molecular flexibility index (Phi) is 7.74. The molecule has 6 heteroatoms. The van der Waals surface area contributed by atoms with Crippen LogP contribution in [0.25, 0.3) is 0 Å². The highest BCUT2D eigenvalue weighted by atomic mass is 127. The van der Waals surface area contributed by atoms with E-state index >= 15 is 0 Å². The van der Waals surface area contributed by atoms with Crippen molar-refractivity contribution in [3.8, 4) is 5.75 Å². The standard InChI is InChI=1S/C14H21BrNO3.HI/c1-16(6-8-18-9-7-16)10-13(17)11-19-14-4-2-12(15)3-5-14;/h2-5,13,17H,6-11H2,1H3;1H/q+1;/p-1. The number of morpholine rings is 1. The van der Waals surface area contributed by atoms with Gasteiger partial charge in [0.25, 0.3) is 0 Å². The van der Waals surface area contributed by atoms with Crippen molar-refractivity contribution in [2.24, 2.45) is 0 Å². The fourth-order valence-corrected chi connectivity index (χ4v) is 2.52. The zero-order chi connectivity index (χ0) is 13.7. The maximum atomic E-state index is 10.1. The molecule has 114 valence electrons. The highest BCUT2D eigenvalue weighted by molar-refractivity contribution is 9.10. The first kappa shape index (κ1) is 18.2. The van der Waals surface area contributed by atoms with E-state index in [4.69, 9.17) is 9.47 Å². The Balaban J connectivity index is 0.00000200. The number of benzene rings is 1. The number of halogens is 2. The van der Waals surface area contributed by atoms with Crippen LogP contribution in [-0.4, -0.2) is 62.2 Å². The van der Waals surface area contributed by atoms with Gasteiger partial charge in [-0.2, -0.15) is 0 Å². The minimum atomic E-state index is -0.452. The Morgan fingerprint density at radius 3 is 2.50 bits per heavy atom. The lowest BCUT2D eigenvalue weighted by Gasteiger charge is -2.38. The summed E-state index contributed by atoms with van der Waals surface area (Å²) in [5.41, 5.74) is 0. The Morgan fingerprint density at radius 1 is 1.30 bits per heavy atom. The van der Waals surface area contributed by atoms with Gasteiger partial charge >= 0.3 is 0 Å². The predicted octanol–water partition coefficient (Wildman–Crippen LogP) is -1.33. The lowest BCUT2D eigenvalue weighted by molar-refractivity contribution is -0.919. The Hall–Kier alpha value is 0.110. The first-order valence-electron chi connectivity index (χ1n) is 6.55. The molecule has 1 aliphatic heterocycles. The van der Waals surface area contributed by atoms with Crippen LogP contribution in [0, 0.1) is 0 Å². The van der Waals surface area contributed by atoms with Gasteiger partial charge in [0.05, 0.1) is 20.3 Å². The van der Waals surface area contributed by atoms with E-state index in [1.165, 1.54) is 0 Å². The molecule has 0 aliphatic carbocycles. The van der Waals surface area contributed by atoms with E-state index < -0.39 is 6.10 Å². The molecule has 1 fully saturated rings. The fourth-order valence-electron chi connectivity index (χ4n) is 2.25. The molecule has 1 N–H and O–H groups in total. The molecule has 1 heterocycles. The third kappa shape index (κ3) is 5.85. The Morgan fingerprint density at radius 2 is 1.90 bits per heavy atom. The predicted molar refractivity (Wildman–Crippen MR) is 77.2 cm³/mol. The first-order chi connectivity index (χ1) is 9.07. The van der Waals surface area contributed by atoms with E-state index in [-0.39, 0.29) is 24.0 Å². The molecule has 1 aromatic rings. The second kappa shape index (κ2) is 8.53. The normalized spacial score (nSPS) is 18.9. The lowest BCUT2D eigenvalue weighted by atomic mass is 10.2. The molecule has 4 nitrogen and oxygen atoms in total. The minimum Gasteiger partial charge on any atom is -1.00 e. The van der Waals surface area contributed by atoms with Gasteiger partial charge in [-0.25, -0.2) is 0 Å². The summed E-state index contributed by atoms with van der Waals surface area (Å²) in [6.07, 6.45) is -0.452. The quantitative estimate of drug-likeness (QED) is 0.440. The number of ether oxygens (including phenoxy) is 2. The van der Waals surface area contributed by atoms with Gasteiger partial charge in [0.2, 0.25) is 0 Å². The highest BCUT2D eigenvalue weighted by Gasteiger charge is 2.28. The molecule has 1 unspecified atom stereocenters. The topological polar surface area (TPSA) is 38.7 Å². The number of hydrogen-bond acceptors (Lipinski definition) is 3. The second-order valence-corrected chi connectivity index (χ2v) is 6.20. The van der Waals surface area contributed by atoms with Gasteiger partial charge in [-0.3, -0.25) is 0 Å². The van der Waals surface area contributed by atoms with Crippen LogP contribution in [0.5, 0.6) is 5.75 Å². The van der Waals surface area contributed by atoms with Crippen molar-refractivity contribution in [2.75, 3.05) is 46.5 Å². The molecule has 20 heavy (non-hydrogen) atoms. The molecule has 0 spiro atoms. The molecule has 0 radical (unpaired) electrons. The number of nitrogens with zero attached hydrogens (tertiary/aromatic N) is 1. The molecule has 1 atom stereocenters. The van der Waals surface area contributed by atoms with Crippen LogP contribution in [0.3, 0.4) is 0 Å². The number of likely N-dealkylation sites (N-methyl/N-ethyl adjacent to an activating group) is 1. The van der Waals surface area contributed by atoms with E-state index in [1.54, 1.807) is 0 Å². The van der Waals surface area contributed by atoms with Crippen LogP contribution < -0.4 is 28.7 Å². The van der Waals surface area contributed by atoms with Crippen molar-refractivity contribution < 1.29 is 43.0 Å². The molecule has 0 amide bonds. The van der Waals surface area contributed by atoms with E-state index in [9.17, 15) is 5.11 Å². The zero-order valence-electron chi connectivity index (χ0n) is 11.6. The number of aliphatic hydroxyl groups is 1. The average Bonchev–Trinajstić information content (AvgIpc) is 2.38. The summed E-state index contributed by atoms with van der Waals surface area (Å²) in [4.78, 5) is 0. The van der Waals surface area contributed by atoms with Gasteiger partial charge in [-0.1, -0.05) is 15.9 Å². The number of quaternary nitrogens is 1. The summed E-state index contributed by atoms with van der Waals surface area (Å²) in [7, 11) is 2.16. The third-order valence-electron chi connectivity index (χ3n) is 3.46. The molecular weight excluding hydrogens is 437 g/mol. The van der Waals surface area contributed by atoms with Crippen molar-refractivity contribution in [1.82, 2.24) is 0 Å². The molecule has 0 aromatic heterocycles. The van der Waals surface area contributed by atoms with E-state index in [0.717, 1.165) is 41.0 Å². The maximum absolute atomic E-state index is 10.1. The molecule has 2 rings (SSSR count). The van der Waals surface area contributed by atoms with E-state index in [1.807, 2.05) is 24.3 Å². The average molecular weight is 458 g/mol. The molecule has 1 aliphatic rings. The first-order valence-corrected chi connectivity index (χ1v) is 7.34. The minimum absolute atomic E-state index is 0. The third-order valence-corrected chi connectivity index (χ3v) is 3.99. The van der Waals surface area contributed by atoms with Crippen molar-refractivity contribution in [2.45, 2.75) is 6.10 Å². The summed E-state index contributed by atoms with van der Waals surface area (Å²) in [5.74, 6) is 0.784. The van der Waals surface area contributed by atoms with Crippen molar-refractivity contribution in [1.29, 1.82) is 0 Å². The Bertz CT molecular complexity index is 396. The van der Waals surface area contributed by atoms with Crippen LogP contribution >= 0.6 is 15.9 Å². The van der Waals surface area contributed by atoms with Crippen LogP contribution in [0.15, 0.2) is 28.7 Å². The number of hydrogen-bond donors (Lipinski definition) is 1. The van der Waals surface area contributed by atoms with Gasteiger partial charge in [0.15, 0.2) is 0 Å². The Labute approximate surface area is 145 Å². The summed E-state index contributed by atoms with van der Waals surface area (Å²) >= 11 is 3.38. The van der Waals surface area contributed by atoms with Crippen LogP contribution in [0.2, 0.25) is 0 Å². The second-order valence-electron chi connectivity index (χ2n) is 5.28. The van der Waals surface area contributed by atoms with Crippen molar-refractivity contribution in [3.63, 3.8) is 0 Å². The van der Waals surface area contributed by atoms with Crippen molar-refractivity contribution >= 4 is 15.9 Å². The summed E-state index contributed by atoms with van der Waals surface area (Å²) in [6.45, 7) is 4.49. The number of rotatable bonds is 5. The molecule has 0 bridgehead atoms. The van der Waals surface area contributed by atoms with Crippen LogP contribution in [-0.2, 0) is 4.74 Å². The van der Waals surface area contributed by atoms with Crippen LogP contribution in [0.4, 0.5) is 0 Å². The highest BCUT2D eigenvalue weighted by Crippen LogP contribution is 2.16. The maximum Gasteiger partial charge on any atom is 0.137 e. The van der Waals surface area contributed by atoms with E-state index in [0.29, 0.717) is 13.2 Å². The van der Waals surface area contributed by atoms with Crippen LogP contribution in [0.1, 0.15) is 0 Å². The SMILES string of the molecule is C[N+]1(CC(O)COc2ccc(Br)cc2)CCOCC1.[I-]. The van der Waals surface area contributed by atoms with Gasteiger partial charge in [-0.05, 0) is 24.3 Å². The summed E-state index contributed by atoms with van der Waals surface area (Å²) in [6, 6.07) is 7.64. The number of aliphatic hydroxyl groups excluding tert-OH is 1. The van der Waals surface area contributed by atoms with Crippen molar-refractivity contribution in [3.05, 3.63) is 28.7 Å². The molecular formula is C14H21BrINO3. The molecule has 1 saturated heterocycles. The summed E-state index contributed by atoms with van der Waals surface area (Å²) in [5, 5.41) is 10.1.